The average molecular weight is 555 g/mol. The second-order valence-electron chi connectivity index (χ2n) is 11.4. The number of fused-ring (bicyclic) bond motifs is 2. The summed E-state index contributed by atoms with van der Waals surface area (Å²) in [6.45, 7) is 2.10. The molecule has 4 heterocycles. The van der Waals surface area contributed by atoms with Gasteiger partial charge in [0.15, 0.2) is 0 Å². The molecule has 8 heteroatoms. The van der Waals surface area contributed by atoms with Gasteiger partial charge in [0.1, 0.15) is 22.4 Å². The van der Waals surface area contributed by atoms with E-state index in [4.69, 9.17) is 4.98 Å². The minimum Gasteiger partial charge on any atom is -0.340 e. The van der Waals surface area contributed by atoms with Crippen molar-refractivity contribution >= 4 is 23.5 Å². The zero-order valence-corrected chi connectivity index (χ0v) is 23.7. The number of H-pyrrole nitrogens is 2. The van der Waals surface area contributed by atoms with Gasteiger partial charge in [0.25, 0.3) is 0 Å². The maximum absolute atomic E-state index is 4.78. The molecule has 2 atom stereocenters. The first-order chi connectivity index (χ1) is 19.3. The van der Waals surface area contributed by atoms with Crippen LogP contribution < -0.4 is 10.6 Å². The normalized spacial score (nSPS) is 23.7. The summed E-state index contributed by atoms with van der Waals surface area (Å²) in [7, 11) is 0. The molecule has 0 amide bonds. The van der Waals surface area contributed by atoms with Crippen molar-refractivity contribution < 1.29 is 0 Å². The van der Waals surface area contributed by atoms with E-state index in [-0.39, 0.29) is 10.7 Å². The van der Waals surface area contributed by atoms with Crippen LogP contribution in [0.4, 0.5) is 0 Å². The number of aromatic nitrogens is 4. The van der Waals surface area contributed by atoms with Gasteiger partial charge in [-0.15, -0.1) is 23.5 Å². The highest BCUT2D eigenvalue weighted by molar-refractivity contribution is 7.99. The van der Waals surface area contributed by atoms with Crippen molar-refractivity contribution in [1.82, 2.24) is 30.6 Å². The molecule has 200 valence electrons. The number of thioether (sulfide) groups is 2. The van der Waals surface area contributed by atoms with Crippen molar-refractivity contribution in [1.29, 1.82) is 0 Å². The van der Waals surface area contributed by atoms with Crippen LogP contribution in [0.5, 0.6) is 0 Å². The molecule has 2 aromatic heterocycles. The van der Waals surface area contributed by atoms with Crippen LogP contribution in [0, 0.1) is 0 Å². The third-order valence-electron chi connectivity index (χ3n) is 9.17. The first kappa shape index (κ1) is 24.3. The number of rotatable bonds is 5. The average Bonchev–Trinajstić information content (AvgIpc) is 3.82. The first-order valence-electron chi connectivity index (χ1n) is 14.3. The number of aromatic amines is 2. The molecule has 0 radical (unpaired) electrons. The molecule has 0 bridgehead atoms. The van der Waals surface area contributed by atoms with Gasteiger partial charge in [0.05, 0.1) is 23.8 Å². The third kappa shape index (κ3) is 4.19. The highest BCUT2D eigenvalue weighted by Gasteiger charge is 2.43. The quantitative estimate of drug-likeness (QED) is 0.224. The summed E-state index contributed by atoms with van der Waals surface area (Å²) in [5, 5.41) is 7.62. The van der Waals surface area contributed by atoms with Crippen LogP contribution in [0.15, 0.2) is 48.8 Å². The predicted octanol–water partition coefficient (Wildman–Crippen LogP) is 6.56. The van der Waals surface area contributed by atoms with Gasteiger partial charge in [-0.25, -0.2) is 9.97 Å². The maximum Gasteiger partial charge on any atom is 0.134 e. The highest BCUT2D eigenvalue weighted by atomic mass is 32.2. The van der Waals surface area contributed by atoms with Gasteiger partial charge in [0, 0.05) is 30.2 Å². The van der Waals surface area contributed by atoms with Crippen LogP contribution >= 0.6 is 23.5 Å². The largest absolute Gasteiger partial charge is 0.340 e. The highest BCUT2D eigenvalue weighted by Crippen LogP contribution is 2.55. The lowest BCUT2D eigenvalue weighted by Gasteiger charge is -2.28. The molecule has 4 N–H and O–H groups in total. The van der Waals surface area contributed by atoms with Crippen molar-refractivity contribution in [3.05, 3.63) is 71.6 Å². The summed E-state index contributed by atoms with van der Waals surface area (Å²) in [6.07, 6.45) is 11.8. The van der Waals surface area contributed by atoms with Crippen molar-refractivity contribution in [3.63, 3.8) is 0 Å². The van der Waals surface area contributed by atoms with E-state index in [0.29, 0.717) is 5.41 Å². The van der Waals surface area contributed by atoms with Gasteiger partial charge in [-0.1, -0.05) is 49.2 Å². The van der Waals surface area contributed by atoms with E-state index in [9.17, 15) is 0 Å². The first-order valence-corrected chi connectivity index (χ1v) is 16.4. The second kappa shape index (κ2) is 9.84. The molecule has 4 aromatic rings. The molecule has 2 saturated heterocycles. The van der Waals surface area contributed by atoms with Gasteiger partial charge in [0.2, 0.25) is 0 Å². The monoisotopic (exact) mass is 554 g/mol. The number of hydrogen-bond acceptors (Lipinski definition) is 6. The molecular formula is C31H34N6S2. The molecule has 1 saturated carbocycles. The fourth-order valence-corrected chi connectivity index (χ4v) is 9.27. The zero-order valence-electron chi connectivity index (χ0n) is 22.1. The Labute approximate surface area is 238 Å². The molecule has 2 unspecified atom stereocenters. The number of hydrogen-bond donors (Lipinski definition) is 4. The Kier molecular flexibility index (Phi) is 6.13. The SMILES string of the molecule is c1cc(-c2ccc(-c3cnc(C4NCCS4)[nH]3)c3c2C2(CCCC2)CC3)ccc1-c1cnc(C2NCCS2)[nH]1. The van der Waals surface area contributed by atoms with Crippen molar-refractivity contribution in [2.75, 3.05) is 24.6 Å². The van der Waals surface area contributed by atoms with Gasteiger partial charge >= 0.3 is 0 Å². The summed E-state index contributed by atoms with van der Waals surface area (Å²) in [6, 6.07) is 13.9. The van der Waals surface area contributed by atoms with Gasteiger partial charge < -0.3 is 9.97 Å². The minimum atomic E-state index is 0.279. The topological polar surface area (TPSA) is 81.4 Å². The Morgan fingerprint density at radius 3 is 1.97 bits per heavy atom. The van der Waals surface area contributed by atoms with Crippen molar-refractivity contribution in [3.8, 4) is 33.6 Å². The van der Waals surface area contributed by atoms with E-state index in [2.05, 4.69) is 68.2 Å². The summed E-state index contributed by atoms with van der Waals surface area (Å²) >= 11 is 3.85. The third-order valence-corrected chi connectivity index (χ3v) is 11.5. The Balaban J connectivity index is 1.15. The smallest absolute Gasteiger partial charge is 0.134 e. The van der Waals surface area contributed by atoms with Crippen LogP contribution in [0.25, 0.3) is 33.6 Å². The number of imidazole rings is 2. The molecule has 39 heavy (non-hydrogen) atoms. The van der Waals surface area contributed by atoms with Crippen LogP contribution in [0.1, 0.15) is 65.6 Å². The summed E-state index contributed by atoms with van der Waals surface area (Å²) in [5.41, 5.74) is 11.0. The number of benzene rings is 2. The molecular weight excluding hydrogens is 521 g/mol. The molecule has 2 aliphatic carbocycles. The molecule has 2 aliphatic heterocycles. The van der Waals surface area contributed by atoms with Crippen LogP contribution in [-0.4, -0.2) is 44.5 Å². The number of nitrogens with zero attached hydrogens (tertiary/aromatic N) is 2. The summed E-state index contributed by atoms with van der Waals surface area (Å²) in [4.78, 5) is 16.7. The summed E-state index contributed by atoms with van der Waals surface area (Å²) < 4.78 is 0. The second-order valence-corrected chi connectivity index (χ2v) is 13.8. The van der Waals surface area contributed by atoms with E-state index in [1.807, 2.05) is 29.7 Å². The maximum atomic E-state index is 4.78. The molecule has 8 rings (SSSR count). The standard InChI is InChI=1S/C31H34N6S2/c1-2-11-31(10-1)12-9-23-22(25-18-35-28(37-25)30-33-14-16-39-30)8-7-21(26(23)31)19-3-5-20(6-4-19)24-17-34-27(36-24)29-32-13-15-38-29/h3-8,17-18,29-30,32-33H,1-2,9-16H2,(H,34,36)(H,35,37). The number of nitrogens with one attached hydrogen (secondary N) is 4. The molecule has 6 nitrogen and oxygen atoms in total. The van der Waals surface area contributed by atoms with Gasteiger partial charge in [-0.3, -0.25) is 10.6 Å². The lowest BCUT2D eigenvalue weighted by Crippen LogP contribution is -2.19. The lowest BCUT2D eigenvalue weighted by atomic mass is 9.76. The van der Waals surface area contributed by atoms with E-state index in [1.54, 1.807) is 11.1 Å². The Morgan fingerprint density at radius 2 is 1.31 bits per heavy atom. The summed E-state index contributed by atoms with van der Waals surface area (Å²) in [5.74, 6) is 4.36. The fraction of sp³-hybridized carbons (Fsp3) is 0.419. The zero-order chi connectivity index (χ0) is 25.8. The molecule has 4 aliphatic rings. The molecule has 1 spiro atoms. The molecule has 3 fully saturated rings. The molecule has 2 aromatic carbocycles. The lowest BCUT2D eigenvalue weighted by molar-refractivity contribution is 0.440. The Morgan fingerprint density at radius 1 is 0.692 bits per heavy atom. The van der Waals surface area contributed by atoms with Gasteiger partial charge in [-0.05, 0) is 58.9 Å². The fourth-order valence-electron chi connectivity index (χ4n) is 7.30. The minimum absolute atomic E-state index is 0.279. The van der Waals surface area contributed by atoms with E-state index < -0.39 is 0 Å². The van der Waals surface area contributed by atoms with E-state index in [1.165, 1.54) is 54.4 Å². The van der Waals surface area contributed by atoms with Crippen molar-refractivity contribution in [2.24, 2.45) is 0 Å². The van der Waals surface area contributed by atoms with Crippen LogP contribution in [0.2, 0.25) is 0 Å². The van der Waals surface area contributed by atoms with E-state index >= 15 is 0 Å². The van der Waals surface area contributed by atoms with Crippen molar-refractivity contribution in [2.45, 2.75) is 54.7 Å². The predicted molar refractivity (Wildman–Crippen MR) is 162 cm³/mol. The van der Waals surface area contributed by atoms with Crippen LogP contribution in [-0.2, 0) is 11.8 Å². The van der Waals surface area contributed by atoms with Crippen LogP contribution in [0.3, 0.4) is 0 Å². The Bertz CT molecular complexity index is 1490. The van der Waals surface area contributed by atoms with Gasteiger partial charge in [-0.2, -0.15) is 0 Å². The Hall–Kier alpha value is -2.52. The van der Waals surface area contributed by atoms with E-state index in [0.717, 1.165) is 54.1 Å².